The summed E-state index contributed by atoms with van der Waals surface area (Å²) in [6, 6.07) is 6.27. The van der Waals surface area contributed by atoms with Gasteiger partial charge >= 0.3 is 0 Å². The topological polar surface area (TPSA) is 107 Å². The van der Waals surface area contributed by atoms with Gasteiger partial charge in [0, 0.05) is 24.7 Å². The number of nitro groups is 1. The van der Waals surface area contributed by atoms with Crippen LogP contribution in [0.25, 0.3) is 0 Å². The fraction of sp³-hybridized carbons (Fsp3) is 0.357. The zero-order chi connectivity index (χ0) is 16.6. The zero-order valence-corrected chi connectivity index (χ0v) is 13.2. The van der Waals surface area contributed by atoms with Crippen molar-refractivity contribution in [3.05, 3.63) is 51.9 Å². The van der Waals surface area contributed by atoms with Gasteiger partial charge in [-0.1, -0.05) is 5.16 Å². The number of hydrogen-bond donors (Lipinski definition) is 0. The molecule has 1 aromatic heterocycles. The summed E-state index contributed by atoms with van der Waals surface area (Å²) in [6.45, 7) is 2.14. The quantitative estimate of drug-likeness (QED) is 0.626. The number of nitro benzene ring substituents is 1. The predicted octanol–water partition coefficient (Wildman–Crippen LogP) is 2.42. The Labute approximate surface area is 132 Å². The molecule has 0 saturated carbocycles. The monoisotopic (exact) mass is 337 g/mol. The van der Waals surface area contributed by atoms with E-state index in [1.54, 1.807) is 13.0 Å². The smallest absolute Gasteiger partial charge is 0.269 e. The molecule has 0 aliphatic carbocycles. The van der Waals surface area contributed by atoms with Crippen molar-refractivity contribution in [3.63, 3.8) is 0 Å². The number of hydrogen-bond acceptors (Lipinski definition) is 6. The Hall–Kier alpha value is -2.26. The third-order valence-electron chi connectivity index (χ3n) is 3.85. The van der Waals surface area contributed by atoms with Crippen LogP contribution >= 0.6 is 0 Å². The number of rotatable bonds is 4. The molecule has 0 radical (unpaired) electrons. The van der Waals surface area contributed by atoms with Crippen LogP contribution in [0.2, 0.25) is 0 Å². The fourth-order valence-corrected chi connectivity index (χ4v) is 4.41. The van der Waals surface area contributed by atoms with Crippen molar-refractivity contribution in [2.24, 2.45) is 0 Å². The van der Waals surface area contributed by atoms with E-state index in [2.05, 4.69) is 5.16 Å². The lowest BCUT2D eigenvalue weighted by atomic mass is 10.1. The second-order valence-electron chi connectivity index (χ2n) is 5.39. The summed E-state index contributed by atoms with van der Waals surface area (Å²) in [7, 11) is -3.74. The molecule has 2 aromatic rings. The average molecular weight is 337 g/mol. The van der Waals surface area contributed by atoms with Crippen LogP contribution in [-0.4, -0.2) is 29.3 Å². The first-order chi connectivity index (χ1) is 10.9. The SMILES string of the molecule is Cc1cc([C@@H]2CCCN2S(=O)(=O)c2ccc([N+](=O)[O-])cc2)no1. The average Bonchev–Trinajstić information content (AvgIpc) is 3.16. The number of nitrogens with zero attached hydrogens (tertiary/aromatic N) is 3. The van der Waals surface area contributed by atoms with E-state index in [9.17, 15) is 18.5 Å². The fourth-order valence-electron chi connectivity index (χ4n) is 2.74. The van der Waals surface area contributed by atoms with Crippen molar-refractivity contribution in [1.82, 2.24) is 9.46 Å². The summed E-state index contributed by atoms with van der Waals surface area (Å²) >= 11 is 0. The highest BCUT2D eigenvalue weighted by Crippen LogP contribution is 2.36. The maximum atomic E-state index is 12.8. The zero-order valence-electron chi connectivity index (χ0n) is 12.4. The maximum Gasteiger partial charge on any atom is 0.269 e. The number of sulfonamides is 1. The molecule has 1 saturated heterocycles. The molecule has 0 N–H and O–H groups in total. The van der Waals surface area contributed by atoms with Crippen molar-refractivity contribution in [2.75, 3.05) is 6.54 Å². The lowest BCUT2D eigenvalue weighted by molar-refractivity contribution is -0.384. The third kappa shape index (κ3) is 2.84. The van der Waals surface area contributed by atoms with Crippen LogP contribution in [0.15, 0.2) is 39.8 Å². The first-order valence-electron chi connectivity index (χ1n) is 7.09. The second-order valence-corrected chi connectivity index (χ2v) is 7.28. The Morgan fingerprint density at radius 3 is 2.61 bits per heavy atom. The van der Waals surface area contributed by atoms with E-state index >= 15 is 0 Å². The van der Waals surface area contributed by atoms with Crippen LogP contribution < -0.4 is 0 Å². The molecule has 0 amide bonds. The molecule has 1 atom stereocenters. The standard InChI is InChI=1S/C14H15N3O5S/c1-10-9-13(15-22-10)14-3-2-8-16(14)23(20,21)12-6-4-11(5-7-12)17(18)19/h4-7,9,14H,2-3,8H2,1H3/t14-/m0/s1. The van der Waals surface area contributed by atoms with E-state index in [4.69, 9.17) is 4.52 Å². The van der Waals surface area contributed by atoms with Crippen molar-refractivity contribution < 1.29 is 17.9 Å². The number of non-ortho nitro benzene ring substituents is 1. The van der Waals surface area contributed by atoms with Gasteiger partial charge in [-0.05, 0) is 31.9 Å². The molecule has 1 aromatic carbocycles. The highest BCUT2D eigenvalue weighted by molar-refractivity contribution is 7.89. The van der Waals surface area contributed by atoms with Crippen LogP contribution in [0.1, 0.15) is 30.3 Å². The molecule has 0 spiro atoms. The largest absolute Gasteiger partial charge is 0.361 e. The highest BCUT2D eigenvalue weighted by Gasteiger charge is 2.37. The summed E-state index contributed by atoms with van der Waals surface area (Å²) in [5, 5.41) is 14.6. The molecule has 0 unspecified atom stereocenters. The molecule has 23 heavy (non-hydrogen) atoms. The van der Waals surface area contributed by atoms with Crippen molar-refractivity contribution in [1.29, 1.82) is 0 Å². The van der Waals surface area contributed by atoms with Crippen molar-refractivity contribution in [2.45, 2.75) is 30.7 Å². The van der Waals surface area contributed by atoms with Crippen LogP contribution in [0.5, 0.6) is 0 Å². The van der Waals surface area contributed by atoms with Crippen molar-refractivity contribution >= 4 is 15.7 Å². The molecular weight excluding hydrogens is 322 g/mol. The molecule has 0 bridgehead atoms. The summed E-state index contributed by atoms with van der Waals surface area (Å²) in [5.74, 6) is 0.625. The molecule has 2 heterocycles. The van der Waals surface area contributed by atoms with E-state index in [1.165, 1.54) is 28.6 Å². The third-order valence-corrected chi connectivity index (χ3v) is 5.77. The predicted molar refractivity (Wildman–Crippen MR) is 80.2 cm³/mol. The number of benzene rings is 1. The minimum Gasteiger partial charge on any atom is -0.361 e. The van der Waals surface area contributed by atoms with Crippen LogP contribution in [-0.2, 0) is 10.0 Å². The van der Waals surface area contributed by atoms with Gasteiger partial charge in [0.2, 0.25) is 10.0 Å². The summed E-state index contributed by atoms with van der Waals surface area (Å²) in [6.07, 6.45) is 1.39. The second kappa shape index (κ2) is 5.74. The Bertz CT molecular complexity index is 828. The van der Waals surface area contributed by atoms with Gasteiger partial charge in [-0.3, -0.25) is 10.1 Å². The molecule has 9 heteroatoms. The normalized spacial score (nSPS) is 19.1. The van der Waals surface area contributed by atoms with Crippen LogP contribution in [0.4, 0.5) is 5.69 Å². The lowest BCUT2D eigenvalue weighted by Gasteiger charge is -2.22. The van der Waals surface area contributed by atoms with Gasteiger partial charge in [0.25, 0.3) is 5.69 Å². The Morgan fingerprint density at radius 2 is 2.04 bits per heavy atom. The Balaban J connectivity index is 1.93. The van der Waals surface area contributed by atoms with Gasteiger partial charge in [0.15, 0.2) is 0 Å². The molecule has 8 nitrogen and oxygen atoms in total. The van der Waals surface area contributed by atoms with E-state index in [0.717, 1.165) is 6.42 Å². The Morgan fingerprint density at radius 1 is 1.35 bits per heavy atom. The minimum absolute atomic E-state index is 0.0372. The first kappa shape index (κ1) is 15.6. The summed E-state index contributed by atoms with van der Waals surface area (Å²) < 4.78 is 32.0. The molecule has 3 rings (SSSR count). The van der Waals surface area contributed by atoms with Crippen molar-refractivity contribution in [3.8, 4) is 0 Å². The molecule has 1 fully saturated rings. The van der Waals surface area contributed by atoms with E-state index in [1.807, 2.05) is 0 Å². The first-order valence-corrected chi connectivity index (χ1v) is 8.53. The number of aromatic nitrogens is 1. The van der Waals surface area contributed by atoms with E-state index in [0.29, 0.717) is 24.4 Å². The highest BCUT2D eigenvalue weighted by atomic mass is 32.2. The lowest BCUT2D eigenvalue weighted by Crippen LogP contribution is -2.30. The van der Waals surface area contributed by atoms with E-state index in [-0.39, 0.29) is 16.6 Å². The van der Waals surface area contributed by atoms with Crippen LogP contribution in [0.3, 0.4) is 0 Å². The maximum absolute atomic E-state index is 12.8. The number of aryl methyl sites for hydroxylation is 1. The minimum atomic E-state index is -3.74. The van der Waals surface area contributed by atoms with Gasteiger partial charge in [0.1, 0.15) is 11.5 Å². The van der Waals surface area contributed by atoms with Gasteiger partial charge in [-0.15, -0.1) is 0 Å². The van der Waals surface area contributed by atoms with Gasteiger partial charge in [-0.2, -0.15) is 4.31 Å². The molecule has 1 aliphatic heterocycles. The Kier molecular flexibility index (Phi) is 3.90. The van der Waals surface area contributed by atoms with Gasteiger partial charge < -0.3 is 4.52 Å². The summed E-state index contributed by atoms with van der Waals surface area (Å²) in [5.41, 5.74) is 0.444. The summed E-state index contributed by atoms with van der Waals surface area (Å²) in [4.78, 5) is 10.2. The molecule has 1 aliphatic rings. The molecular formula is C14H15N3O5S. The van der Waals surface area contributed by atoms with E-state index < -0.39 is 14.9 Å². The van der Waals surface area contributed by atoms with Gasteiger partial charge in [0.05, 0.1) is 15.9 Å². The molecule has 122 valence electrons. The van der Waals surface area contributed by atoms with Gasteiger partial charge in [-0.25, -0.2) is 8.42 Å². The van der Waals surface area contributed by atoms with Crippen LogP contribution in [0, 0.1) is 17.0 Å².